The van der Waals surface area contributed by atoms with E-state index in [1.165, 1.54) is 16.1 Å². The standard InChI is InChI=1S/C14H19N3.C10H9NS.C2H6/c1-4-13(7-6-12(3)9-15)8-14-10-16-11-17(14)5-2;1-8-4-5-9(11-7-8)10-3-2-6-12-10;1-2/h6-7,10-11,13H,3-5,8H2,1-2H3;2-7H,1H3;1-2H3/b7-6-;;. The molecular weight excluding hydrogens is 400 g/mol. The van der Waals surface area contributed by atoms with Gasteiger partial charge in [-0.05, 0) is 61.8 Å². The number of aryl methyl sites for hydroxylation is 2. The fraction of sp³-hybridized carbons (Fsp3) is 0.346. The zero-order valence-corrected chi connectivity index (χ0v) is 20.2. The number of imidazole rings is 1. The maximum atomic E-state index is 8.64. The van der Waals surface area contributed by atoms with Crippen molar-refractivity contribution >= 4 is 11.3 Å². The van der Waals surface area contributed by atoms with Crippen LogP contribution in [-0.2, 0) is 13.0 Å². The average molecular weight is 435 g/mol. The van der Waals surface area contributed by atoms with Crippen molar-refractivity contribution in [2.45, 2.75) is 54.0 Å². The Morgan fingerprint density at radius 2 is 2.03 bits per heavy atom. The minimum absolute atomic E-state index is 0.432. The van der Waals surface area contributed by atoms with Crippen LogP contribution in [-0.4, -0.2) is 14.5 Å². The normalized spacial score (nSPS) is 11.0. The molecule has 0 saturated carbocycles. The number of rotatable bonds is 7. The van der Waals surface area contributed by atoms with Crippen molar-refractivity contribution < 1.29 is 0 Å². The van der Waals surface area contributed by atoms with E-state index in [1.807, 2.05) is 51.6 Å². The molecule has 0 N–H and O–H groups in total. The molecule has 3 aromatic heterocycles. The summed E-state index contributed by atoms with van der Waals surface area (Å²) in [5.41, 5.74) is 4.02. The van der Waals surface area contributed by atoms with E-state index < -0.39 is 0 Å². The lowest BCUT2D eigenvalue weighted by Gasteiger charge is -2.11. The number of nitriles is 1. The minimum Gasteiger partial charge on any atom is -0.335 e. The number of nitrogens with zero attached hydrogens (tertiary/aromatic N) is 4. The van der Waals surface area contributed by atoms with Gasteiger partial charge in [0, 0.05) is 30.2 Å². The van der Waals surface area contributed by atoms with Crippen LogP contribution in [0.1, 0.15) is 45.4 Å². The minimum atomic E-state index is 0.432. The monoisotopic (exact) mass is 434 g/mol. The summed E-state index contributed by atoms with van der Waals surface area (Å²) in [5.74, 6) is 0.432. The molecule has 5 heteroatoms. The molecule has 0 aliphatic rings. The molecule has 0 spiro atoms. The van der Waals surface area contributed by atoms with E-state index in [9.17, 15) is 0 Å². The summed E-state index contributed by atoms with van der Waals surface area (Å²) in [5, 5.41) is 10.7. The van der Waals surface area contributed by atoms with Crippen LogP contribution < -0.4 is 0 Å². The molecular formula is C26H34N4S. The molecule has 3 rings (SSSR count). The largest absolute Gasteiger partial charge is 0.335 e. The summed E-state index contributed by atoms with van der Waals surface area (Å²) < 4.78 is 2.15. The number of allylic oxidation sites excluding steroid dienone is 3. The van der Waals surface area contributed by atoms with E-state index in [1.54, 1.807) is 17.4 Å². The summed E-state index contributed by atoms with van der Waals surface area (Å²) in [4.78, 5) is 9.72. The molecule has 0 radical (unpaired) electrons. The molecule has 4 nitrogen and oxygen atoms in total. The van der Waals surface area contributed by atoms with E-state index in [0.717, 1.165) is 25.1 Å². The molecule has 0 fully saturated rings. The predicted octanol–water partition coefficient (Wildman–Crippen LogP) is 7.25. The van der Waals surface area contributed by atoms with E-state index in [-0.39, 0.29) is 0 Å². The van der Waals surface area contributed by atoms with Crippen molar-refractivity contribution in [3.8, 4) is 16.6 Å². The zero-order chi connectivity index (χ0) is 23.1. The lowest BCUT2D eigenvalue weighted by Crippen LogP contribution is -2.06. The summed E-state index contributed by atoms with van der Waals surface area (Å²) in [7, 11) is 0. The second-order valence-electron chi connectivity index (χ2n) is 6.74. The summed E-state index contributed by atoms with van der Waals surface area (Å²) >= 11 is 1.72. The first-order valence-electron chi connectivity index (χ1n) is 10.8. The molecule has 0 aliphatic carbocycles. The van der Waals surface area contributed by atoms with Gasteiger partial charge in [0.05, 0.1) is 23.0 Å². The van der Waals surface area contributed by atoms with Crippen molar-refractivity contribution in [3.63, 3.8) is 0 Å². The van der Waals surface area contributed by atoms with Gasteiger partial charge in [-0.25, -0.2) is 4.98 Å². The highest BCUT2D eigenvalue weighted by Crippen LogP contribution is 2.22. The lowest BCUT2D eigenvalue weighted by molar-refractivity contribution is 0.585. The van der Waals surface area contributed by atoms with E-state index in [4.69, 9.17) is 5.26 Å². The van der Waals surface area contributed by atoms with Crippen molar-refractivity contribution in [1.82, 2.24) is 14.5 Å². The molecule has 0 bridgehead atoms. The number of pyridine rings is 1. The average Bonchev–Trinajstić information content (AvgIpc) is 3.50. The van der Waals surface area contributed by atoms with Crippen LogP contribution in [0.5, 0.6) is 0 Å². The van der Waals surface area contributed by atoms with Crippen LogP contribution in [0.3, 0.4) is 0 Å². The van der Waals surface area contributed by atoms with Crippen LogP contribution >= 0.6 is 11.3 Å². The van der Waals surface area contributed by atoms with Crippen LogP contribution in [0, 0.1) is 24.2 Å². The molecule has 1 atom stereocenters. The Kier molecular flexibility index (Phi) is 12.5. The predicted molar refractivity (Wildman–Crippen MR) is 133 cm³/mol. The van der Waals surface area contributed by atoms with Gasteiger partial charge in [-0.15, -0.1) is 11.3 Å². The van der Waals surface area contributed by atoms with Gasteiger partial charge >= 0.3 is 0 Å². The third-order valence-electron chi connectivity index (χ3n) is 4.53. The maximum absolute atomic E-state index is 8.64. The number of thiophene rings is 1. The third-order valence-corrected chi connectivity index (χ3v) is 5.43. The quantitative estimate of drug-likeness (QED) is 0.290. The molecule has 31 heavy (non-hydrogen) atoms. The number of hydrogen-bond acceptors (Lipinski definition) is 4. The van der Waals surface area contributed by atoms with Crippen LogP contribution in [0.25, 0.3) is 10.6 Å². The van der Waals surface area contributed by atoms with Crippen LogP contribution in [0.4, 0.5) is 0 Å². The highest BCUT2D eigenvalue weighted by atomic mass is 32.1. The highest BCUT2D eigenvalue weighted by Gasteiger charge is 2.07. The van der Waals surface area contributed by atoms with Gasteiger partial charge in [0.25, 0.3) is 0 Å². The molecule has 3 aromatic rings. The smallest absolute Gasteiger partial charge is 0.0985 e. The maximum Gasteiger partial charge on any atom is 0.0985 e. The second-order valence-corrected chi connectivity index (χ2v) is 7.69. The van der Waals surface area contributed by atoms with Gasteiger partial charge in [0.2, 0.25) is 0 Å². The van der Waals surface area contributed by atoms with Gasteiger partial charge in [-0.3, -0.25) is 4.98 Å². The Balaban J connectivity index is 0.000000300. The van der Waals surface area contributed by atoms with Gasteiger partial charge < -0.3 is 4.57 Å². The molecule has 0 amide bonds. The molecule has 3 heterocycles. The SMILES string of the molecule is C=C(C#N)/C=C\C(CC)Cc1cncn1CC.CC.Cc1ccc(-c2cccs2)nc1. The van der Waals surface area contributed by atoms with Crippen molar-refractivity contribution in [2.24, 2.45) is 5.92 Å². The first-order chi connectivity index (χ1) is 15.1. The second kappa shape index (κ2) is 14.9. The van der Waals surface area contributed by atoms with Gasteiger partial charge in [0.1, 0.15) is 0 Å². The summed E-state index contributed by atoms with van der Waals surface area (Å²) in [6, 6.07) is 10.3. The Bertz CT molecular complexity index is 944. The van der Waals surface area contributed by atoms with E-state index in [0.29, 0.717) is 11.5 Å². The Labute approximate surface area is 191 Å². The summed E-state index contributed by atoms with van der Waals surface area (Å²) in [6.07, 6.45) is 11.6. The van der Waals surface area contributed by atoms with Gasteiger partial charge in [-0.2, -0.15) is 5.26 Å². The first kappa shape index (κ1) is 26.1. The van der Waals surface area contributed by atoms with Crippen molar-refractivity contribution in [3.05, 3.63) is 83.9 Å². The van der Waals surface area contributed by atoms with E-state index in [2.05, 4.69) is 64.6 Å². The first-order valence-corrected chi connectivity index (χ1v) is 11.7. The van der Waals surface area contributed by atoms with E-state index >= 15 is 0 Å². The van der Waals surface area contributed by atoms with Crippen LogP contribution in [0.15, 0.2) is 72.7 Å². The Morgan fingerprint density at radius 1 is 1.26 bits per heavy atom. The van der Waals surface area contributed by atoms with Gasteiger partial charge in [0.15, 0.2) is 0 Å². The summed E-state index contributed by atoms with van der Waals surface area (Å²) in [6.45, 7) is 14.9. The fourth-order valence-electron chi connectivity index (χ4n) is 2.75. The molecule has 0 aromatic carbocycles. The molecule has 0 aliphatic heterocycles. The Morgan fingerprint density at radius 3 is 2.58 bits per heavy atom. The lowest BCUT2D eigenvalue weighted by atomic mass is 9.99. The fourth-order valence-corrected chi connectivity index (χ4v) is 3.45. The topological polar surface area (TPSA) is 54.5 Å². The van der Waals surface area contributed by atoms with Crippen molar-refractivity contribution in [2.75, 3.05) is 0 Å². The Hall–Kier alpha value is -2.97. The van der Waals surface area contributed by atoms with Crippen molar-refractivity contribution in [1.29, 1.82) is 5.26 Å². The molecule has 1 unspecified atom stereocenters. The van der Waals surface area contributed by atoms with Crippen LogP contribution in [0.2, 0.25) is 0 Å². The molecule has 164 valence electrons. The molecule has 0 saturated heterocycles. The van der Waals surface area contributed by atoms with Gasteiger partial charge in [-0.1, -0.05) is 45.6 Å². The highest BCUT2D eigenvalue weighted by molar-refractivity contribution is 7.13. The number of hydrogen-bond donors (Lipinski definition) is 0. The third kappa shape index (κ3) is 9.15. The zero-order valence-electron chi connectivity index (χ0n) is 19.4. The number of aromatic nitrogens is 3.